The quantitative estimate of drug-likeness (QED) is 0.848. The lowest BCUT2D eigenvalue weighted by atomic mass is 10.1. The van der Waals surface area contributed by atoms with Gasteiger partial charge in [-0.2, -0.15) is 9.90 Å². The topological polar surface area (TPSA) is 85.8 Å². The van der Waals surface area contributed by atoms with Gasteiger partial charge < -0.3 is 11.1 Å². The van der Waals surface area contributed by atoms with Gasteiger partial charge >= 0.3 is 0 Å². The van der Waals surface area contributed by atoms with Crippen molar-refractivity contribution in [1.82, 2.24) is 15.0 Å². The third kappa shape index (κ3) is 2.65. The molecule has 2 rings (SSSR count). The molecule has 0 unspecified atom stereocenters. The first kappa shape index (κ1) is 12.1. The number of carbonyl (C=O) groups is 1. The zero-order valence-electron chi connectivity index (χ0n) is 10.3. The number of amides is 1. The average Bonchev–Trinajstić information content (AvgIpc) is 2.70. The highest BCUT2D eigenvalue weighted by atomic mass is 16.2. The molecule has 0 aliphatic heterocycles. The van der Waals surface area contributed by atoms with Crippen LogP contribution in [0.3, 0.4) is 0 Å². The van der Waals surface area contributed by atoms with Crippen molar-refractivity contribution in [2.45, 2.75) is 20.4 Å². The molecule has 0 radical (unpaired) electrons. The summed E-state index contributed by atoms with van der Waals surface area (Å²) in [6.07, 6.45) is 1.41. The highest BCUT2D eigenvalue weighted by Crippen LogP contribution is 2.17. The molecule has 1 heterocycles. The van der Waals surface area contributed by atoms with Gasteiger partial charge in [-0.05, 0) is 31.0 Å². The van der Waals surface area contributed by atoms with Crippen LogP contribution < -0.4 is 11.1 Å². The number of anilines is 2. The third-order valence-electron chi connectivity index (χ3n) is 2.72. The fourth-order valence-corrected chi connectivity index (χ4v) is 1.59. The maximum Gasteiger partial charge on any atom is 0.247 e. The maximum absolute atomic E-state index is 11.8. The zero-order chi connectivity index (χ0) is 13.1. The normalized spacial score (nSPS) is 10.3. The lowest BCUT2D eigenvalue weighted by molar-refractivity contribution is -0.117. The van der Waals surface area contributed by atoms with Crippen LogP contribution in [-0.4, -0.2) is 20.9 Å². The number of nitrogen functional groups attached to an aromatic ring is 1. The molecule has 0 aliphatic carbocycles. The molecule has 1 aromatic heterocycles. The van der Waals surface area contributed by atoms with Gasteiger partial charge in [0, 0.05) is 5.69 Å². The van der Waals surface area contributed by atoms with E-state index < -0.39 is 0 Å². The van der Waals surface area contributed by atoms with Crippen molar-refractivity contribution < 1.29 is 4.79 Å². The first-order valence-electron chi connectivity index (χ1n) is 5.58. The van der Waals surface area contributed by atoms with Gasteiger partial charge in [0.15, 0.2) is 5.82 Å². The molecule has 3 N–H and O–H groups in total. The first-order valence-corrected chi connectivity index (χ1v) is 5.58. The first-order chi connectivity index (χ1) is 8.56. The van der Waals surface area contributed by atoms with Crippen LogP contribution in [0.1, 0.15) is 11.1 Å². The van der Waals surface area contributed by atoms with Gasteiger partial charge in [0.05, 0.1) is 6.20 Å². The Kier molecular flexibility index (Phi) is 3.27. The standard InChI is InChI=1S/C12H15N5O/c1-8-4-3-5-10(9(8)2)15-12(18)7-17-14-6-11(13)16-17/h3-6H,7H2,1-2H3,(H2,13,16)(H,15,18). The van der Waals surface area contributed by atoms with Crippen LogP contribution in [0.15, 0.2) is 24.4 Å². The Bertz CT molecular complexity index is 576. The Morgan fingerprint density at radius 2 is 2.22 bits per heavy atom. The second kappa shape index (κ2) is 4.87. The molecular formula is C12H15N5O. The summed E-state index contributed by atoms with van der Waals surface area (Å²) in [6, 6.07) is 5.77. The highest BCUT2D eigenvalue weighted by Gasteiger charge is 2.08. The maximum atomic E-state index is 11.8. The minimum Gasteiger partial charge on any atom is -0.381 e. The van der Waals surface area contributed by atoms with Crippen LogP contribution in [0.2, 0.25) is 0 Å². The third-order valence-corrected chi connectivity index (χ3v) is 2.72. The summed E-state index contributed by atoms with van der Waals surface area (Å²) >= 11 is 0. The fraction of sp³-hybridized carbons (Fsp3) is 0.250. The lowest BCUT2D eigenvalue weighted by Gasteiger charge is -2.09. The number of benzene rings is 1. The minimum absolute atomic E-state index is 0.0462. The van der Waals surface area contributed by atoms with Gasteiger partial charge in [0.25, 0.3) is 0 Å². The van der Waals surface area contributed by atoms with Crippen molar-refractivity contribution in [2.24, 2.45) is 0 Å². The summed E-state index contributed by atoms with van der Waals surface area (Å²) in [4.78, 5) is 13.1. The largest absolute Gasteiger partial charge is 0.381 e. The van der Waals surface area contributed by atoms with Gasteiger partial charge in [-0.15, -0.1) is 5.10 Å². The molecule has 0 saturated carbocycles. The molecule has 6 heteroatoms. The molecule has 1 amide bonds. The van der Waals surface area contributed by atoms with Crippen molar-refractivity contribution in [2.75, 3.05) is 11.1 Å². The number of hydrogen-bond acceptors (Lipinski definition) is 4. The van der Waals surface area contributed by atoms with Gasteiger partial charge in [-0.25, -0.2) is 0 Å². The molecule has 0 atom stereocenters. The number of nitrogens with zero attached hydrogens (tertiary/aromatic N) is 3. The average molecular weight is 245 g/mol. The Hall–Kier alpha value is -2.37. The molecule has 94 valence electrons. The van der Waals surface area contributed by atoms with Gasteiger partial charge in [0.2, 0.25) is 5.91 Å². The van der Waals surface area contributed by atoms with E-state index in [1.807, 2.05) is 32.0 Å². The van der Waals surface area contributed by atoms with Crippen molar-refractivity contribution in [1.29, 1.82) is 0 Å². The monoisotopic (exact) mass is 245 g/mol. The molecule has 0 spiro atoms. The summed E-state index contributed by atoms with van der Waals surface area (Å²) < 4.78 is 0. The van der Waals surface area contributed by atoms with E-state index in [1.54, 1.807) is 0 Å². The zero-order valence-corrected chi connectivity index (χ0v) is 10.3. The van der Waals surface area contributed by atoms with Gasteiger partial charge in [-0.1, -0.05) is 12.1 Å². The fourth-order valence-electron chi connectivity index (χ4n) is 1.59. The van der Waals surface area contributed by atoms with Crippen molar-refractivity contribution in [3.63, 3.8) is 0 Å². The molecule has 18 heavy (non-hydrogen) atoms. The molecule has 6 nitrogen and oxygen atoms in total. The highest BCUT2D eigenvalue weighted by molar-refractivity contribution is 5.91. The summed E-state index contributed by atoms with van der Waals surface area (Å²) in [5, 5.41) is 10.5. The number of hydrogen-bond donors (Lipinski definition) is 2. The molecule has 0 bridgehead atoms. The van der Waals surface area contributed by atoms with E-state index in [2.05, 4.69) is 15.5 Å². The van der Waals surface area contributed by atoms with E-state index in [0.29, 0.717) is 5.82 Å². The number of nitrogens with two attached hydrogens (primary N) is 1. The number of carbonyl (C=O) groups excluding carboxylic acids is 1. The SMILES string of the molecule is Cc1cccc(NC(=O)Cn2ncc(N)n2)c1C. The molecular weight excluding hydrogens is 230 g/mol. The van der Waals surface area contributed by atoms with E-state index in [4.69, 9.17) is 5.73 Å². The second-order valence-electron chi connectivity index (χ2n) is 4.10. The predicted octanol–water partition coefficient (Wildman–Crippen LogP) is 1.12. The number of aryl methyl sites for hydroxylation is 1. The van der Waals surface area contributed by atoms with E-state index in [0.717, 1.165) is 16.8 Å². The minimum atomic E-state index is -0.181. The molecule has 1 aromatic carbocycles. The van der Waals surface area contributed by atoms with Crippen LogP contribution in [0.5, 0.6) is 0 Å². The lowest BCUT2D eigenvalue weighted by Crippen LogP contribution is -2.21. The summed E-state index contributed by atoms with van der Waals surface area (Å²) in [5.41, 5.74) is 8.42. The van der Waals surface area contributed by atoms with Gasteiger partial charge in [-0.3, -0.25) is 4.79 Å². The van der Waals surface area contributed by atoms with E-state index >= 15 is 0 Å². The number of nitrogens with one attached hydrogen (secondary N) is 1. The van der Waals surface area contributed by atoms with Crippen molar-refractivity contribution in [3.8, 4) is 0 Å². The molecule has 2 aromatic rings. The van der Waals surface area contributed by atoms with Crippen molar-refractivity contribution >= 4 is 17.4 Å². The van der Waals surface area contributed by atoms with E-state index in [1.165, 1.54) is 11.0 Å². The summed E-state index contributed by atoms with van der Waals surface area (Å²) in [5.74, 6) is 0.119. The molecule has 0 aliphatic rings. The Morgan fingerprint density at radius 3 is 2.89 bits per heavy atom. The van der Waals surface area contributed by atoms with E-state index in [-0.39, 0.29) is 12.5 Å². The van der Waals surface area contributed by atoms with Crippen LogP contribution in [0.25, 0.3) is 0 Å². The summed E-state index contributed by atoms with van der Waals surface area (Å²) in [7, 11) is 0. The Labute approximate surface area is 105 Å². The van der Waals surface area contributed by atoms with Crippen LogP contribution in [0, 0.1) is 13.8 Å². The van der Waals surface area contributed by atoms with Crippen molar-refractivity contribution in [3.05, 3.63) is 35.5 Å². The van der Waals surface area contributed by atoms with Crippen LogP contribution in [0.4, 0.5) is 11.5 Å². The van der Waals surface area contributed by atoms with Crippen LogP contribution >= 0.6 is 0 Å². The number of rotatable bonds is 3. The predicted molar refractivity (Wildman–Crippen MR) is 69.0 cm³/mol. The summed E-state index contributed by atoms with van der Waals surface area (Å²) in [6.45, 7) is 4.01. The van der Waals surface area contributed by atoms with E-state index in [9.17, 15) is 4.79 Å². The Balaban J connectivity index is 2.05. The smallest absolute Gasteiger partial charge is 0.247 e. The molecule has 0 saturated heterocycles. The Morgan fingerprint density at radius 1 is 1.44 bits per heavy atom. The van der Waals surface area contributed by atoms with Gasteiger partial charge in [0.1, 0.15) is 6.54 Å². The van der Waals surface area contributed by atoms with Crippen LogP contribution in [-0.2, 0) is 11.3 Å². The second-order valence-corrected chi connectivity index (χ2v) is 4.10. The number of aromatic nitrogens is 3. The molecule has 0 fully saturated rings.